The molecule has 0 radical (unpaired) electrons. The van der Waals surface area contributed by atoms with Gasteiger partial charge in [-0.3, -0.25) is 9.89 Å². The van der Waals surface area contributed by atoms with Crippen LogP contribution >= 0.6 is 12.4 Å². The van der Waals surface area contributed by atoms with E-state index in [0.29, 0.717) is 18.8 Å². The summed E-state index contributed by atoms with van der Waals surface area (Å²) in [6.07, 6.45) is 0.843. The summed E-state index contributed by atoms with van der Waals surface area (Å²) in [7, 11) is 1.68. The number of ether oxygens (including phenoxy) is 1. The number of aromatic amines is 1. The number of nitrogens with one attached hydrogen (secondary N) is 2. The van der Waals surface area contributed by atoms with Gasteiger partial charge in [0.05, 0.1) is 6.54 Å². The minimum absolute atomic E-state index is 0. The molecule has 1 aliphatic heterocycles. The summed E-state index contributed by atoms with van der Waals surface area (Å²) < 4.78 is 18.8. The number of nitrogens with zero attached hydrogens (tertiary/aromatic N) is 2. The Labute approximate surface area is 145 Å². The monoisotopic (exact) mass is 354 g/mol. The number of hydrogen-bond donors (Lipinski definition) is 2. The van der Waals surface area contributed by atoms with E-state index >= 15 is 0 Å². The van der Waals surface area contributed by atoms with Gasteiger partial charge < -0.3 is 15.0 Å². The summed E-state index contributed by atoms with van der Waals surface area (Å²) in [6, 6.07) is 6.21. The normalized spacial score (nSPS) is 12.9. The Kier molecular flexibility index (Phi) is 6.16. The van der Waals surface area contributed by atoms with Gasteiger partial charge in [0.15, 0.2) is 17.3 Å². The van der Waals surface area contributed by atoms with E-state index in [1.807, 2.05) is 0 Å². The first-order chi connectivity index (χ1) is 11.2. The Morgan fingerprint density at radius 1 is 1.42 bits per heavy atom. The molecule has 0 saturated carbocycles. The van der Waals surface area contributed by atoms with Gasteiger partial charge in [-0.1, -0.05) is 12.1 Å². The first kappa shape index (κ1) is 18.2. The van der Waals surface area contributed by atoms with Crippen LogP contribution in [0.4, 0.5) is 4.39 Å². The third-order valence-corrected chi connectivity index (χ3v) is 3.88. The van der Waals surface area contributed by atoms with E-state index in [4.69, 9.17) is 4.74 Å². The number of amides is 1. The summed E-state index contributed by atoms with van der Waals surface area (Å²) in [4.78, 5) is 14.0. The molecule has 8 heteroatoms. The van der Waals surface area contributed by atoms with E-state index in [1.54, 1.807) is 25.2 Å². The zero-order chi connectivity index (χ0) is 16.2. The quantitative estimate of drug-likeness (QED) is 0.858. The van der Waals surface area contributed by atoms with Crippen molar-refractivity contribution in [3.8, 4) is 5.75 Å². The number of halogens is 2. The molecule has 0 aliphatic carbocycles. The van der Waals surface area contributed by atoms with Gasteiger partial charge in [-0.05, 0) is 12.1 Å². The third kappa shape index (κ3) is 3.85. The van der Waals surface area contributed by atoms with Crippen LogP contribution in [0, 0.1) is 5.82 Å². The number of aromatic nitrogens is 2. The second kappa shape index (κ2) is 8.12. The third-order valence-electron chi connectivity index (χ3n) is 3.88. The molecule has 0 fully saturated rings. The highest BCUT2D eigenvalue weighted by Gasteiger charge is 2.23. The molecule has 0 saturated heterocycles. The van der Waals surface area contributed by atoms with Gasteiger partial charge in [-0.2, -0.15) is 5.10 Å². The molecule has 2 N–H and O–H groups in total. The van der Waals surface area contributed by atoms with Crippen LogP contribution in [0.3, 0.4) is 0 Å². The van der Waals surface area contributed by atoms with Crippen LogP contribution in [0.2, 0.25) is 0 Å². The summed E-state index contributed by atoms with van der Waals surface area (Å²) >= 11 is 0. The van der Waals surface area contributed by atoms with Crippen LogP contribution < -0.4 is 10.1 Å². The lowest BCUT2D eigenvalue weighted by molar-refractivity contribution is 0.0765. The zero-order valence-corrected chi connectivity index (χ0v) is 14.2. The highest BCUT2D eigenvalue weighted by atomic mass is 35.5. The number of hydrogen-bond acceptors (Lipinski definition) is 4. The van der Waals surface area contributed by atoms with E-state index in [0.717, 1.165) is 24.2 Å². The van der Waals surface area contributed by atoms with Gasteiger partial charge in [0.25, 0.3) is 5.91 Å². The molecule has 130 valence electrons. The summed E-state index contributed by atoms with van der Waals surface area (Å²) in [6.45, 7) is 2.10. The van der Waals surface area contributed by atoms with Crippen molar-refractivity contribution in [3.63, 3.8) is 0 Å². The summed E-state index contributed by atoms with van der Waals surface area (Å²) in [5, 5.41) is 10.3. The number of H-pyrrole nitrogens is 1. The van der Waals surface area contributed by atoms with Crippen LogP contribution in [-0.2, 0) is 13.0 Å². The molecule has 1 aromatic carbocycles. The van der Waals surface area contributed by atoms with E-state index in [9.17, 15) is 9.18 Å². The summed E-state index contributed by atoms with van der Waals surface area (Å²) in [5.74, 6) is -0.382. The van der Waals surface area contributed by atoms with Gasteiger partial charge in [-0.15, -0.1) is 12.4 Å². The van der Waals surface area contributed by atoms with Crippen molar-refractivity contribution in [1.82, 2.24) is 20.4 Å². The number of carbonyl (C=O) groups excluding carboxylic acids is 1. The van der Waals surface area contributed by atoms with Gasteiger partial charge in [0, 0.05) is 37.8 Å². The van der Waals surface area contributed by atoms with Crippen molar-refractivity contribution in [2.24, 2.45) is 0 Å². The molecule has 1 aromatic heterocycles. The molecule has 1 amide bonds. The van der Waals surface area contributed by atoms with Crippen molar-refractivity contribution in [2.45, 2.75) is 13.0 Å². The second-order valence-electron chi connectivity index (χ2n) is 5.46. The van der Waals surface area contributed by atoms with Crippen molar-refractivity contribution in [3.05, 3.63) is 47.0 Å². The lowest BCUT2D eigenvalue weighted by Crippen LogP contribution is -2.33. The fraction of sp³-hybridized carbons (Fsp3) is 0.375. The smallest absolute Gasteiger partial charge is 0.274 e. The minimum atomic E-state index is -0.408. The van der Waals surface area contributed by atoms with Gasteiger partial charge in [0.1, 0.15) is 6.61 Å². The molecular weight excluding hydrogens is 335 g/mol. The predicted molar refractivity (Wildman–Crippen MR) is 90.1 cm³/mol. The molecule has 24 heavy (non-hydrogen) atoms. The Morgan fingerprint density at radius 3 is 3.00 bits per heavy atom. The fourth-order valence-electron chi connectivity index (χ4n) is 2.54. The first-order valence-electron chi connectivity index (χ1n) is 7.56. The highest BCUT2D eigenvalue weighted by molar-refractivity contribution is 5.93. The maximum atomic E-state index is 13.5. The molecule has 6 nitrogen and oxygen atoms in total. The molecule has 2 aromatic rings. The maximum Gasteiger partial charge on any atom is 0.274 e. The van der Waals surface area contributed by atoms with Crippen molar-refractivity contribution >= 4 is 18.3 Å². The Morgan fingerprint density at radius 2 is 2.21 bits per heavy atom. The van der Waals surface area contributed by atoms with Crippen LogP contribution in [-0.4, -0.2) is 47.7 Å². The molecule has 3 rings (SSSR count). The Bertz CT molecular complexity index is 707. The SMILES string of the molecule is CN(CCOc1ccccc1F)C(=O)c1n[nH]c2c1CNCC2.Cl. The number of para-hydroxylation sites is 1. The van der Waals surface area contributed by atoms with Crippen molar-refractivity contribution in [2.75, 3.05) is 26.7 Å². The average Bonchev–Trinajstić information content (AvgIpc) is 3.00. The van der Waals surface area contributed by atoms with Crippen LogP contribution in [0.5, 0.6) is 5.75 Å². The van der Waals surface area contributed by atoms with Crippen molar-refractivity contribution < 1.29 is 13.9 Å². The zero-order valence-electron chi connectivity index (χ0n) is 13.3. The number of fused-ring (bicyclic) bond motifs is 1. The molecule has 2 heterocycles. The average molecular weight is 355 g/mol. The van der Waals surface area contributed by atoms with E-state index in [-0.39, 0.29) is 30.7 Å². The maximum absolute atomic E-state index is 13.5. The Balaban J connectivity index is 0.00000208. The van der Waals surface area contributed by atoms with Crippen LogP contribution in [0.1, 0.15) is 21.7 Å². The van der Waals surface area contributed by atoms with Gasteiger partial charge in [0.2, 0.25) is 0 Å². The molecule has 0 bridgehead atoms. The molecule has 0 unspecified atom stereocenters. The minimum Gasteiger partial charge on any atom is -0.489 e. The number of benzene rings is 1. The van der Waals surface area contributed by atoms with Gasteiger partial charge >= 0.3 is 0 Å². The van der Waals surface area contributed by atoms with E-state index in [1.165, 1.54) is 11.0 Å². The molecule has 0 spiro atoms. The first-order valence-corrected chi connectivity index (χ1v) is 7.56. The van der Waals surface area contributed by atoms with Crippen LogP contribution in [0.25, 0.3) is 0 Å². The number of likely N-dealkylation sites (N-methyl/N-ethyl adjacent to an activating group) is 1. The van der Waals surface area contributed by atoms with Gasteiger partial charge in [-0.25, -0.2) is 4.39 Å². The van der Waals surface area contributed by atoms with Crippen molar-refractivity contribution in [1.29, 1.82) is 0 Å². The second-order valence-corrected chi connectivity index (χ2v) is 5.46. The predicted octanol–water partition coefficient (Wildman–Crippen LogP) is 1.77. The van der Waals surface area contributed by atoms with E-state index < -0.39 is 5.82 Å². The largest absolute Gasteiger partial charge is 0.489 e. The topological polar surface area (TPSA) is 70.2 Å². The summed E-state index contributed by atoms with van der Waals surface area (Å²) in [5.41, 5.74) is 2.40. The number of rotatable bonds is 5. The lowest BCUT2D eigenvalue weighted by atomic mass is 10.1. The lowest BCUT2D eigenvalue weighted by Gasteiger charge is -2.18. The molecule has 1 aliphatic rings. The Hall–Kier alpha value is -2.12. The molecule has 0 atom stereocenters. The van der Waals surface area contributed by atoms with E-state index in [2.05, 4.69) is 15.5 Å². The van der Waals surface area contributed by atoms with Crippen LogP contribution in [0.15, 0.2) is 24.3 Å². The number of carbonyl (C=O) groups is 1. The highest BCUT2D eigenvalue weighted by Crippen LogP contribution is 2.17. The fourth-order valence-corrected chi connectivity index (χ4v) is 2.54. The molecular formula is C16H20ClFN4O2. The standard InChI is InChI=1S/C16H19FN4O2.ClH/c1-21(8-9-23-14-5-3-2-4-12(14)17)16(22)15-11-10-18-7-6-13(11)19-20-15;/h2-5,18H,6-10H2,1H3,(H,19,20);1H.